The first-order valence-electron chi connectivity index (χ1n) is 15.6. The Bertz CT molecular complexity index is 686. The molecule has 0 radical (unpaired) electrons. The Morgan fingerprint density at radius 3 is 1.84 bits per heavy atom. The van der Waals surface area contributed by atoms with Crippen molar-refractivity contribution in [1.29, 1.82) is 0 Å². The van der Waals surface area contributed by atoms with Gasteiger partial charge in [0.1, 0.15) is 0 Å². The van der Waals surface area contributed by atoms with E-state index in [4.69, 9.17) is 17.0 Å². The summed E-state index contributed by atoms with van der Waals surface area (Å²) in [6.07, 6.45) is 22.1. The monoisotopic (exact) mass is 662 g/mol. The zero-order valence-corrected chi connectivity index (χ0v) is 31.9. The van der Waals surface area contributed by atoms with Gasteiger partial charge in [0.15, 0.2) is 0 Å². The van der Waals surface area contributed by atoms with Crippen LogP contribution in [0.5, 0.6) is 0 Å². The molecular formula is C32H62Cl2Si2Zr. The molecule has 10 atom stereocenters. The molecule has 0 bridgehead atoms. The summed E-state index contributed by atoms with van der Waals surface area (Å²) < 4.78 is 0. The topological polar surface area (TPSA) is 0 Å². The minimum atomic E-state index is -1.26. The summed E-state index contributed by atoms with van der Waals surface area (Å²) in [6, 6.07) is 0. The first kappa shape index (κ1) is 35.1. The van der Waals surface area contributed by atoms with Gasteiger partial charge in [0, 0.05) is 15.2 Å². The number of hydrogen-bond acceptors (Lipinski definition) is 0. The Morgan fingerprint density at radius 1 is 0.676 bits per heavy atom. The summed E-state index contributed by atoms with van der Waals surface area (Å²) in [5.41, 5.74) is 2.35. The number of hydrogen-bond donors (Lipinski definition) is 0. The second-order valence-corrected chi connectivity index (χ2v) is 34.8. The molecule has 216 valence electrons. The molecule has 0 heterocycles. The van der Waals surface area contributed by atoms with Gasteiger partial charge in [-0.1, -0.05) is 111 Å². The van der Waals surface area contributed by atoms with Crippen molar-refractivity contribution in [3.8, 4) is 0 Å². The summed E-state index contributed by atoms with van der Waals surface area (Å²) in [6.45, 7) is 16.9. The number of fused-ring (bicyclic) bond motifs is 3. The molecule has 0 aliphatic heterocycles. The average molecular weight is 665 g/mol. The van der Waals surface area contributed by atoms with E-state index in [2.05, 4.69) is 40.0 Å². The molecular weight excluding hydrogens is 603 g/mol. The van der Waals surface area contributed by atoms with Crippen LogP contribution in [0.25, 0.3) is 0 Å². The number of rotatable bonds is 6. The molecule has 0 aromatic rings. The molecule has 0 spiro atoms. The van der Waals surface area contributed by atoms with E-state index in [1.807, 2.05) is 0 Å². The fraction of sp³-hybridized carbons (Fsp3) is 0.938. The van der Waals surface area contributed by atoms with Crippen LogP contribution in [-0.4, -0.2) is 15.2 Å². The Morgan fingerprint density at radius 2 is 1.22 bits per heavy atom. The molecule has 5 heteroatoms. The van der Waals surface area contributed by atoms with Crippen LogP contribution >= 0.6 is 17.0 Å². The zero-order valence-electron chi connectivity index (χ0n) is 25.9. The van der Waals surface area contributed by atoms with Gasteiger partial charge in [-0.3, -0.25) is 0 Å². The van der Waals surface area contributed by atoms with Crippen molar-refractivity contribution in [2.45, 2.75) is 141 Å². The molecule has 0 saturated heterocycles. The van der Waals surface area contributed by atoms with E-state index in [-0.39, 0.29) is 14.9 Å². The Labute approximate surface area is 254 Å². The van der Waals surface area contributed by atoms with E-state index in [1.54, 1.807) is 77.0 Å². The van der Waals surface area contributed by atoms with Crippen LogP contribution in [-0.2, 0) is 20.8 Å². The van der Waals surface area contributed by atoms with E-state index < -0.39 is 36.0 Å². The van der Waals surface area contributed by atoms with Crippen molar-refractivity contribution in [1.82, 2.24) is 0 Å². The summed E-state index contributed by atoms with van der Waals surface area (Å²) in [5, 5.41) is 0. The van der Waals surface area contributed by atoms with Crippen LogP contribution < -0.4 is 0 Å². The third-order valence-electron chi connectivity index (χ3n) is 13.4. The SMILES string of the molecule is CCCC(C)C1CC([Si](C)(C)[Si](C)(C)C2CCC3CCCCC32)C2CC3CCCC3CC12.[CH3-].[CH3-].[Cl][Zr+2][Cl]. The zero-order chi connectivity index (χ0) is 25.4. The molecule has 5 fully saturated rings. The van der Waals surface area contributed by atoms with E-state index in [0.717, 1.165) is 47.3 Å². The fourth-order valence-corrected chi connectivity index (χ4v) is 25.5. The van der Waals surface area contributed by atoms with Crippen LogP contribution in [0.3, 0.4) is 0 Å². The quantitative estimate of drug-likeness (QED) is 0.196. The van der Waals surface area contributed by atoms with Gasteiger partial charge < -0.3 is 14.9 Å². The molecule has 5 saturated carbocycles. The summed E-state index contributed by atoms with van der Waals surface area (Å²) >= 11 is -0.826. The standard InChI is InChI=1S/C30H56Si2.2CH3.2ClH.Zr/c1-7-11-21(2)26-20-30(28-19-24-14-10-13-23(24)18-27(26)28)32(5,6)31(3,4)29-17-16-22-12-8-9-15-25(22)29;;;;;/h21-30H,7-20H2,1-6H3;2*1H3;2*1H;/q;2*-1;;;+4/p-2. The van der Waals surface area contributed by atoms with Crippen molar-refractivity contribution >= 4 is 32.2 Å². The van der Waals surface area contributed by atoms with Crippen molar-refractivity contribution < 1.29 is 20.8 Å². The van der Waals surface area contributed by atoms with Gasteiger partial charge in [0.2, 0.25) is 0 Å². The van der Waals surface area contributed by atoms with Crippen LogP contribution in [0.2, 0.25) is 37.3 Å². The van der Waals surface area contributed by atoms with Crippen molar-refractivity contribution in [3.05, 3.63) is 14.9 Å². The predicted molar refractivity (Wildman–Crippen MR) is 171 cm³/mol. The van der Waals surface area contributed by atoms with Gasteiger partial charge in [0.25, 0.3) is 0 Å². The molecule has 37 heavy (non-hydrogen) atoms. The Kier molecular flexibility index (Phi) is 14.1. The molecule has 0 aromatic carbocycles. The van der Waals surface area contributed by atoms with Gasteiger partial charge in [0.05, 0.1) is 0 Å². The molecule has 5 aliphatic carbocycles. The normalized spacial score (nSPS) is 39.5. The minimum absolute atomic E-state index is 0. The maximum atomic E-state index is 4.93. The van der Waals surface area contributed by atoms with Gasteiger partial charge in [-0.2, -0.15) is 0 Å². The Hall–Kier alpha value is 1.90. The van der Waals surface area contributed by atoms with Gasteiger partial charge in [-0.15, -0.1) is 0 Å². The van der Waals surface area contributed by atoms with E-state index in [1.165, 1.54) is 23.9 Å². The molecule has 5 rings (SSSR count). The summed E-state index contributed by atoms with van der Waals surface area (Å²) in [4.78, 5) is 0. The van der Waals surface area contributed by atoms with Crippen molar-refractivity contribution in [2.75, 3.05) is 0 Å². The fourth-order valence-electron chi connectivity index (χ4n) is 11.1. The average Bonchev–Trinajstić information content (AvgIpc) is 3.54. The first-order valence-corrected chi connectivity index (χ1v) is 29.1. The molecule has 10 unspecified atom stereocenters. The second kappa shape index (κ2) is 14.9. The summed E-state index contributed by atoms with van der Waals surface area (Å²) in [7, 11) is 7.38. The third-order valence-corrected chi connectivity index (χ3v) is 34.0. The van der Waals surface area contributed by atoms with E-state index in [9.17, 15) is 0 Å². The maximum absolute atomic E-state index is 4.93. The van der Waals surface area contributed by atoms with E-state index in [0.29, 0.717) is 0 Å². The van der Waals surface area contributed by atoms with Gasteiger partial charge in [-0.05, 0) is 77.7 Å². The molecule has 5 aliphatic rings. The van der Waals surface area contributed by atoms with Crippen molar-refractivity contribution in [2.24, 2.45) is 47.3 Å². The Balaban J connectivity index is 0.000000919. The predicted octanol–water partition coefficient (Wildman–Crippen LogP) is 12.0. The molecule has 0 aromatic heterocycles. The van der Waals surface area contributed by atoms with Crippen LogP contribution in [0.15, 0.2) is 0 Å². The molecule has 0 amide bonds. The van der Waals surface area contributed by atoms with Crippen LogP contribution in [0.1, 0.15) is 104 Å². The van der Waals surface area contributed by atoms with Gasteiger partial charge >= 0.3 is 37.9 Å². The second-order valence-electron chi connectivity index (χ2n) is 14.9. The third kappa shape index (κ3) is 6.94. The molecule has 0 nitrogen and oxygen atoms in total. The van der Waals surface area contributed by atoms with Gasteiger partial charge in [-0.25, -0.2) is 0 Å². The first-order chi connectivity index (χ1) is 16.7. The van der Waals surface area contributed by atoms with Crippen LogP contribution in [0, 0.1) is 62.2 Å². The van der Waals surface area contributed by atoms with E-state index >= 15 is 0 Å². The summed E-state index contributed by atoms with van der Waals surface area (Å²) in [5.74, 6) is 8.84. The van der Waals surface area contributed by atoms with Crippen molar-refractivity contribution in [3.63, 3.8) is 0 Å². The molecule has 0 N–H and O–H groups in total. The number of halogens is 2. The van der Waals surface area contributed by atoms with Crippen LogP contribution in [0.4, 0.5) is 0 Å².